The van der Waals surface area contributed by atoms with Gasteiger partial charge in [0.05, 0.1) is 17.5 Å². The fourth-order valence-corrected chi connectivity index (χ4v) is 4.93. The molecule has 8 heteroatoms. The molecule has 7 nitrogen and oxygen atoms in total. The summed E-state index contributed by atoms with van der Waals surface area (Å²) in [5, 5.41) is 0.658. The molecule has 2 aromatic heterocycles. The van der Waals surface area contributed by atoms with Crippen molar-refractivity contribution in [2.45, 2.75) is 44.1 Å². The van der Waals surface area contributed by atoms with Crippen molar-refractivity contribution in [3.63, 3.8) is 0 Å². The van der Waals surface area contributed by atoms with Crippen molar-refractivity contribution in [2.75, 3.05) is 32.4 Å². The highest BCUT2D eigenvalue weighted by atomic mass is 32.2. The molecule has 2 aliphatic rings. The highest BCUT2D eigenvalue weighted by Crippen LogP contribution is 2.28. The summed E-state index contributed by atoms with van der Waals surface area (Å²) >= 11 is 1.44. The molecule has 0 atom stereocenters. The number of amides is 2. The van der Waals surface area contributed by atoms with Gasteiger partial charge in [-0.3, -0.25) is 9.59 Å². The number of aromatic nitrogens is 2. The van der Waals surface area contributed by atoms with E-state index in [-0.39, 0.29) is 17.7 Å². The van der Waals surface area contributed by atoms with Crippen molar-refractivity contribution in [2.24, 2.45) is 5.92 Å². The van der Waals surface area contributed by atoms with Crippen molar-refractivity contribution < 1.29 is 14.0 Å². The van der Waals surface area contributed by atoms with Gasteiger partial charge in [0.1, 0.15) is 5.03 Å². The Morgan fingerprint density at radius 2 is 1.80 bits per heavy atom. The first kappa shape index (κ1) is 20.9. The standard InChI is InChI=1S/C22H28N4O3S/c1-15-18(20(30-2)24-19(23-15)17-7-6-14-29-17)22(28)26-12-8-16(9-13-26)21(27)25-10-4-3-5-11-25/h6-7,14,16H,3-5,8-13H2,1-2H3. The number of likely N-dealkylation sites (tertiary alicyclic amines) is 2. The predicted molar refractivity (Wildman–Crippen MR) is 115 cm³/mol. The van der Waals surface area contributed by atoms with Crippen LogP contribution in [0.25, 0.3) is 11.6 Å². The van der Waals surface area contributed by atoms with E-state index in [0.29, 0.717) is 41.0 Å². The molecule has 0 aromatic carbocycles. The second-order valence-electron chi connectivity index (χ2n) is 7.95. The van der Waals surface area contributed by atoms with E-state index >= 15 is 0 Å². The molecule has 0 aliphatic carbocycles. The maximum absolute atomic E-state index is 13.3. The van der Waals surface area contributed by atoms with Gasteiger partial charge in [-0.25, -0.2) is 9.97 Å². The lowest BCUT2D eigenvalue weighted by molar-refractivity contribution is -0.137. The van der Waals surface area contributed by atoms with Crippen LogP contribution >= 0.6 is 11.8 Å². The van der Waals surface area contributed by atoms with Gasteiger partial charge in [0.15, 0.2) is 11.6 Å². The lowest BCUT2D eigenvalue weighted by atomic mass is 9.94. The van der Waals surface area contributed by atoms with Crippen LogP contribution in [0.15, 0.2) is 27.8 Å². The summed E-state index contributed by atoms with van der Waals surface area (Å²) in [4.78, 5) is 39.0. The maximum atomic E-state index is 13.3. The molecule has 2 amide bonds. The Balaban J connectivity index is 1.45. The van der Waals surface area contributed by atoms with Crippen LogP contribution in [0, 0.1) is 12.8 Å². The summed E-state index contributed by atoms with van der Waals surface area (Å²) in [6, 6.07) is 3.60. The molecule has 2 aliphatic heterocycles. The molecule has 0 radical (unpaired) electrons. The molecular weight excluding hydrogens is 400 g/mol. The van der Waals surface area contributed by atoms with E-state index in [2.05, 4.69) is 9.97 Å². The van der Waals surface area contributed by atoms with Gasteiger partial charge in [-0.15, -0.1) is 11.8 Å². The van der Waals surface area contributed by atoms with E-state index in [9.17, 15) is 9.59 Å². The van der Waals surface area contributed by atoms with E-state index in [4.69, 9.17) is 4.42 Å². The summed E-state index contributed by atoms with van der Waals surface area (Å²) in [5.41, 5.74) is 1.20. The van der Waals surface area contributed by atoms with Crippen LogP contribution in [0.1, 0.15) is 48.2 Å². The highest BCUT2D eigenvalue weighted by molar-refractivity contribution is 7.98. The Morgan fingerprint density at radius 1 is 1.07 bits per heavy atom. The van der Waals surface area contributed by atoms with Crippen LogP contribution in [-0.4, -0.2) is 64.0 Å². The second kappa shape index (κ2) is 9.20. The zero-order valence-electron chi connectivity index (χ0n) is 17.6. The molecule has 4 heterocycles. The smallest absolute Gasteiger partial charge is 0.258 e. The largest absolute Gasteiger partial charge is 0.461 e. The second-order valence-corrected chi connectivity index (χ2v) is 8.74. The molecule has 0 spiro atoms. The highest BCUT2D eigenvalue weighted by Gasteiger charge is 2.32. The molecule has 0 bridgehead atoms. The SMILES string of the molecule is CSc1nc(-c2ccco2)nc(C)c1C(=O)N1CCC(C(=O)N2CCCCC2)CC1. The van der Waals surface area contributed by atoms with Crippen molar-refractivity contribution in [1.82, 2.24) is 19.8 Å². The van der Waals surface area contributed by atoms with E-state index in [0.717, 1.165) is 38.8 Å². The van der Waals surface area contributed by atoms with Crippen molar-refractivity contribution in [3.05, 3.63) is 29.7 Å². The van der Waals surface area contributed by atoms with Gasteiger partial charge in [0.25, 0.3) is 5.91 Å². The summed E-state index contributed by atoms with van der Waals surface area (Å²) in [7, 11) is 0. The van der Waals surface area contributed by atoms with Crippen LogP contribution in [0.5, 0.6) is 0 Å². The monoisotopic (exact) mass is 428 g/mol. The third-order valence-electron chi connectivity index (χ3n) is 6.00. The van der Waals surface area contributed by atoms with E-state index in [1.807, 2.05) is 29.0 Å². The third kappa shape index (κ3) is 4.24. The summed E-state index contributed by atoms with van der Waals surface area (Å²) in [5.74, 6) is 1.33. The first-order chi connectivity index (χ1) is 14.6. The number of carbonyl (C=O) groups excluding carboxylic acids is 2. The van der Waals surface area contributed by atoms with Crippen molar-refractivity contribution in [3.8, 4) is 11.6 Å². The minimum absolute atomic E-state index is 0.0332. The molecule has 0 unspecified atom stereocenters. The lowest BCUT2D eigenvalue weighted by Gasteiger charge is -2.35. The van der Waals surface area contributed by atoms with Crippen molar-refractivity contribution in [1.29, 1.82) is 0 Å². The number of hydrogen-bond acceptors (Lipinski definition) is 6. The number of rotatable bonds is 4. The average Bonchev–Trinajstić information content (AvgIpc) is 3.33. The number of hydrogen-bond donors (Lipinski definition) is 0. The van der Waals surface area contributed by atoms with Gasteiger partial charge in [-0.2, -0.15) is 0 Å². The van der Waals surface area contributed by atoms with Gasteiger partial charge >= 0.3 is 0 Å². The first-order valence-corrected chi connectivity index (χ1v) is 11.9. The summed E-state index contributed by atoms with van der Waals surface area (Å²) in [6.45, 7) is 4.79. The Bertz CT molecular complexity index is 901. The lowest BCUT2D eigenvalue weighted by Crippen LogP contribution is -2.46. The zero-order valence-corrected chi connectivity index (χ0v) is 18.4. The molecule has 160 valence electrons. The molecule has 2 fully saturated rings. The fraction of sp³-hybridized carbons (Fsp3) is 0.545. The predicted octanol–water partition coefficient (Wildman–Crippen LogP) is 3.63. The van der Waals surface area contributed by atoms with Crippen LogP contribution in [0.2, 0.25) is 0 Å². The molecule has 4 rings (SSSR count). The van der Waals surface area contributed by atoms with E-state index in [1.165, 1.54) is 18.2 Å². The van der Waals surface area contributed by atoms with Gasteiger partial charge in [-0.1, -0.05) is 0 Å². The van der Waals surface area contributed by atoms with Gasteiger partial charge < -0.3 is 14.2 Å². The normalized spacial score (nSPS) is 17.9. The summed E-state index contributed by atoms with van der Waals surface area (Å²) in [6.07, 6.45) is 8.37. The van der Waals surface area contributed by atoms with Crippen molar-refractivity contribution >= 4 is 23.6 Å². The maximum Gasteiger partial charge on any atom is 0.258 e. The molecule has 0 N–H and O–H groups in total. The van der Waals surface area contributed by atoms with Crippen LogP contribution in [-0.2, 0) is 4.79 Å². The third-order valence-corrected chi connectivity index (χ3v) is 6.69. The average molecular weight is 429 g/mol. The number of aryl methyl sites for hydroxylation is 1. The van der Waals surface area contributed by atoms with Crippen LogP contribution < -0.4 is 0 Å². The van der Waals surface area contributed by atoms with E-state index < -0.39 is 0 Å². The first-order valence-electron chi connectivity index (χ1n) is 10.6. The van der Waals surface area contributed by atoms with Gasteiger partial charge in [-0.05, 0) is 57.4 Å². The molecule has 2 aromatic rings. The molecule has 2 saturated heterocycles. The number of nitrogens with zero attached hydrogens (tertiary/aromatic N) is 4. The number of thioether (sulfide) groups is 1. The number of furan rings is 1. The van der Waals surface area contributed by atoms with Crippen LogP contribution in [0.4, 0.5) is 0 Å². The fourth-order valence-electron chi connectivity index (χ4n) is 4.32. The summed E-state index contributed by atoms with van der Waals surface area (Å²) < 4.78 is 5.41. The Morgan fingerprint density at radius 3 is 2.43 bits per heavy atom. The van der Waals surface area contributed by atoms with E-state index in [1.54, 1.807) is 12.3 Å². The zero-order chi connectivity index (χ0) is 21.1. The molecule has 30 heavy (non-hydrogen) atoms. The number of piperidine rings is 2. The van der Waals surface area contributed by atoms with Gasteiger partial charge in [0.2, 0.25) is 5.91 Å². The van der Waals surface area contributed by atoms with Crippen LogP contribution in [0.3, 0.4) is 0 Å². The minimum Gasteiger partial charge on any atom is -0.461 e. The molecular formula is C22H28N4O3S. The quantitative estimate of drug-likeness (QED) is 0.547. The minimum atomic E-state index is -0.0493. The Kier molecular flexibility index (Phi) is 6.41. The number of carbonyl (C=O) groups is 2. The topological polar surface area (TPSA) is 79.5 Å². The Hall–Kier alpha value is -2.35. The Labute approximate surface area is 181 Å². The van der Waals surface area contributed by atoms with Gasteiger partial charge in [0, 0.05) is 32.1 Å². The molecule has 0 saturated carbocycles.